The van der Waals surface area contributed by atoms with Crippen LogP contribution in [0.1, 0.15) is 16.2 Å². The Morgan fingerprint density at radius 3 is 2.54 bits per heavy atom. The van der Waals surface area contributed by atoms with E-state index in [0.717, 1.165) is 0 Å². The average Bonchev–Trinajstić information content (AvgIpc) is 2.99. The molecule has 1 aromatic carbocycles. The number of amides is 2. The molecule has 0 fully saturated rings. The maximum Gasteiger partial charge on any atom is 0.377 e. The average molecular weight is 335 g/mol. The fourth-order valence-electron chi connectivity index (χ4n) is 1.63. The minimum absolute atomic E-state index is 0.116. The van der Waals surface area contributed by atoms with E-state index < -0.39 is 30.2 Å². The molecule has 126 valence electrons. The lowest BCUT2D eigenvalue weighted by molar-refractivity contribution is -0.126. The summed E-state index contributed by atoms with van der Waals surface area (Å²) in [6, 6.07) is 6.53. The molecule has 2 amide bonds. The van der Waals surface area contributed by atoms with Crippen LogP contribution in [-0.4, -0.2) is 36.1 Å². The van der Waals surface area contributed by atoms with Gasteiger partial charge in [0.2, 0.25) is 11.7 Å². The molecule has 0 aliphatic heterocycles. The van der Waals surface area contributed by atoms with E-state index in [1.54, 1.807) is 6.92 Å². The van der Waals surface area contributed by atoms with E-state index in [0.29, 0.717) is 11.4 Å². The molecule has 1 aromatic heterocycles. The van der Waals surface area contributed by atoms with Crippen molar-refractivity contribution in [3.8, 4) is 0 Å². The molecule has 0 atom stereocenters. The number of halogens is 1. The lowest BCUT2D eigenvalue weighted by Crippen LogP contribution is -2.35. The SMILES string of the molecule is Cc1cc(C(=O)OCC(=O)NCC(=O)Nc2ccc(F)cc2)on1. The molecule has 2 rings (SSSR count). The van der Waals surface area contributed by atoms with Crippen molar-refractivity contribution in [2.24, 2.45) is 0 Å². The number of anilines is 1. The highest BCUT2D eigenvalue weighted by atomic mass is 19.1. The van der Waals surface area contributed by atoms with Crippen LogP contribution in [0.4, 0.5) is 10.1 Å². The molecule has 0 radical (unpaired) electrons. The molecule has 2 N–H and O–H groups in total. The summed E-state index contributed by atoms with van der Waals surface area (Å²) in [5, 5.41) is 8.26. The number of hydrogen-bond donors (Lipinski definition) is 2. The smallest absolute Gasteiger partial charge is 0.377 e. The highest BCUT2D eigenvalue weighted by molar-refractivity contribution is 5.95. The van der Waals surface area contributed by atoms with Crippen molar-refractivity contribution in [1.82, 2.24) is 10.5 Å². The first-order chi connectivity index (χ1) is 11.4. The van der Waals surface area contributed by atoms with Crippen LogP contribution in [0, 0.1) is 12.7 Å². The summed E-state index contributed by atoms with van der Waals surface area (Å²) in [5.41, 5.74) is 0.895. The molecule has 9 heteroatoms. The third-order valence-electron chi connectivity index (χ3n) is 2.74. The molecule has 0 spiro atoms. The number of aryl methyl sites for hydroxylation is 1. The van der Waals surface area contributed by atoms with Crippen molar-refractivity contribution in [3.63, 3.8) is 0 Å². The number of rotatable bonds is 6. The van der Waals surface area contributed by atoms with Gasteiger partial charge in [0, 0.05) is 11.8 Å². The fraction of sp³-hybridized carbons (Fsp3) is 0.200. The molecule has 8 nitrogen and oxygen atoms in total. The van der Waals surface area contributed by atoms with E-state index in [4.69, 9.17) is 4.74 Å². The molecule has 0 saturated heterocycles. The molecule has 0 saturated carbocycles. The Balaban J connectivity index is 1.69. The number of esters is 1. The number of ether oxygens (including phenoxy) is 1. The van der Waals surface area contributed by atoms with Gasteiger partial charge in [-0.2, -0.15) is 0 Å². The number of nitrogens with zero attached hydrogens (tertiary/aromatic N) is 1. The van der Waals surface area contributed by atoms with E-state index in [2.05, 4.69) is 20.3 Å². The van der Waals surface area contributed by atoms with Gasteiger partial charge in [-0.1, -0.05) is 5.16 Å². The molecule has 0 bridgehead atoms. The summed E-state index contributed by atoms with van der Waals surface area (Å²) in [6.45, 7) is 0.740. The van der Waals surface area contributed by atoms with Crippen LogP contribution in [-0.2, 0) is 14.3 Å². The molecule has 1 heterocycles. The zero-order chi connectivity index (χ0) is 17.5. The second-order valence-electron chi connectivity index (χ2n) is 4.74. The highest BCUT2D eigenvalue weighted by Crippen LogP contribution is 2.07. The van der Waals surface area contributed by atoms with Gasteiger partial charge in [-0.25, -0.2) is 9.18 Å². The maximum atomic E-state index is 12.7. The minimum atomic E-state index is -0.832. The van der Waals surface area contributed by atoms with Crippen LogP contribution in [0.25, 0.3) is 0 Å². The molecule has 0 aliphatic carbocycles. The van der Waals surface area contributed by atoms with Crippen molar-refractivity contribution in [1.29, 1.82) is 0 Å². The first-order valence-electron chi connectivity index (χ1n) is 6.86. The Bertz CT molecular complexity index is 742. The summed E-state index contributed by atoms with van der Waals surface area (Å²) in [6.07, 6.45) is 0. The van der Waals surface area contributed by atoms with Crippen molar-refractivity contribution < 1.29 is 28.0 Å². The third kappa shape index (κ3) is 5.20. The normalized spacial score (nSPS) is 10.1. The standard InChI is InChI=1S/C15H14FN3O5/c1-9-6-12(24-19-9)15(22)23-8-14(21)17-7-13(20)18-11-4-2-10(16)3-5-11/h2-6H,7-8H2,1H3,(H,17,21)(H,18,20). The van der Waals surface area contributed by atoms with E-state index in [-0.39, 0.29) is 12.3 Å². The van der Waals surface area contributed by atoms with E-state index in [1.807, 2.05) is 0 Å². The topological polar surface area (TPSA) is 111 Å². The van der Waals surface area contributed by atoms with Crippen LogP contribution in [0.15, 0.2) is 34.9 Å². The number of carbonyl (C=O) groups is 3. The lowest BCUT2D eigenvalue weighted by atomic mass is 10.3. The summed E-state index contributed by atoms with van der Waals surface area (Å²) in [7, 11) is 0. The number of nitrogens with one attached hydrogen (secondary N) is 2. The van der Waals surface area contributed by atoms with Crippen molar-refractivity contribution in [2.45, 2.75) is 6.92 Å². The Kier molecular flexibility index (Phi) is 5.61. The van der Waals surface area contributed by atoms with Crippen LogP contribution in [0.5, 0.6) is 0 Å². The quantitative estimate of drug-likeness (QED) is 0.763. The van der Waals surface area contributed by atoms with Gasteiger partial charge in [-0.05, 0) is 31.2 Å². The van der Waals surface area contributed by atoms with Gasteiger partial charge in [0.05, 0.1) is 12.2 Å². The van der Waals surface area contributed by atoms with Gasteiger partial charge < -0.3 is 19.9 Å². The van der Waals surface area contributed by atoms with Crippen LogP contribution in [0.2, 0.25) is 0 Å². The Labute approximate surface area is 136 Å². The van der Waals surface area contributed by atoms with Gasteiger partial charge in [0.25, 0.3) is 5.91 Å². The number of hydrogen-bond acceptors (Lipinski definition) is 6. The van der Waals surface area contributed by atoms with Crippen molar-refractivity contribution >= 4 is 23.5 Å². The molecular weight excluding hydrogens is 321 g/mol. The van der Waals surface area contributed by atoms with Gasteiger partial charge >= 0.3 is 5.97 Å². The van der Waals surface area contributed by atoms with Crippen molar-refractivity contribution in [2.75, 3.05) is 18.5 Å². The third-order valence-corrected chi connectivity index (χ3v) is 2.74. The van der Waals surface area contributed by atoms with Crippen LogP contribution >= 0.6 is 0 Å². The molecule has 24 heavy (non-hydrogen) atoms. The summed E-state index contributed by atoms with van der Waals surface area (Å²) < 4.78 is 22.1. The fourth-order valence-corrected chi connectivity index (χ4v) is 1.63. The molecule has 0 unspecified atom stereocenters. The number of aromatic nitrogens is 1. The zero-order valence-electron chi connectivity index (χ0n) is 12.7. The second-order valence-corrected chi connectivity index (χ2v) is 4.74. The minimum Gasteiger partial charge on any atom is -0.450 e. The second kappa shape index (κ2) is 7.86. The highest BCUT2D eigenvalue weighted by Gasteiger charge is 2.15. The van der Waals surface area contributed by atoms with E-state index >= 15 is 0 Å². The van der Waals surface area contributed by atoms with Crippen LogP contribution in [0.3, 0.4) is 0 Å². The van der Waals surface area contributed by atoms with Crippen LogP contribution < -0.4 is 10.6 Å². The monoisotopic (exact) mass is 335 g/mol. The predicted molar refractivity (Wildman–Crippen MR) is 79.6 cm³/mol. The molecular formula is C15H14FN3O5. The Hall–Kier alpha value is -3.23. The number of carbonyl (C=O) groups excluding carboxylic acids is 3. The lowest BCUT2D eigenvalue weighted by Gasteiger charge is -2.07. The maximum absolute atomic E-state index is 12.7. The molecule has 2 aromatic rings. The van der Waals surface area contributed by atoms with Crippen molar-refractivity contribution in [3.05, 3.63) is 47.6 Å². The van der Waals surface area contributed by atoms with Gasteiger partial charge in [-0.15, -0.1) is 0 Å². The first kappa shape index (κ1) is 17.1. The predicted octanol–water partition coefficient (Wildman–Crippen LogP) is 1.03. The Morgan fingerprint density at radius 2 is 1.92 bits per heavy atom. The van der Waals surface area contributed by atoms with E-state index in [9.17, 15) is 18.8 Å². The molecule has 0 aliphatic rings. The van der Waals surface area contributed by atoms with Gasteiger partial charge in [-0.3, -0.25) is 9.59 Å². The largest absolute Gasteiger partial charge is 0.450 e. The first-order valence-corrected chi connectivity index (χ1v) is 6.86. The summed E-state index contributed by atoms with van der Waals surface area (Å²) in [5.74, 6) is -2.54. The van der Waals surface area contributed by atoms with E-state index in [1.165, 1.54) is 30.3 Å². The Morgan fingerprint density at radius 1 is 1.21 bits per heavy atom. The summed E-state index contributed by atoms with van der Waals surface area (Å²) >= 11 is 0. The van der Waals surface area contributed by atoms with Gasteiger partial charge in [0.15, 0.2) is 6.61 Å². The zero-order valence-corrected chi connectivity index (χ0v) is 12.7. The number of benzene rings is 1. The summed E-state index contributed by atoms with van der Waals surface area (Å²) in [4.78, 5) is 34.7. The van der Waals surface area contributed by atoms with Gasteiger partial charge in [0.1, 0.15) is 5.82 Å².